The second-order valence-electron chi connectivity index (χ2n) is 4.31. The van der Waals surface area contributed by atoms with Crippen LogP contribution in [0.25, 0.3) is 0 Å². The van der Waals surface area contributed by atoms with E-state index in [0.29, 0.717) is 0 Å². The summed E-state index contributed by atoms with van der Waals surface area (Å²) < 4.78 is 2.22. The van der Waals surface area contributed by atoms with Crippen molar-refractivity contribution in [1.29, 1.82) is 0 Å². The largest absolute Gasteiger partial charge is 0.321 e. The molecule has 1 unspecified atom stereocenters. The third-order valence-electron chi connectivity index (χ3n) is 2.65. The minimum absolute atomic E-state index is 0.339. The van der Waals surface area contributed by atoms with Gasteiger partial charge in [-0.1, -0.05) is 28.1 Å². The van der Waals surface area contributed by atoms with E-state index in [1.807, 2.05) is 12.1 Å². The first-order valence-corrected chi connectivity index (χ1v) is 7.67. The van der Waals surface area contributed by atoms with Crippen LogP contribution in [-0.4, -0.2) is 0 Å². The summed E-state index contributed by atoms with van der Waals surface area (Å²) >= 11 is 8.70. The topological polar surface area (TPSA) is 26.0 Å². The Labute approximate surface area is 122 Å². The van der Waals surface area contributed by atoms with E-state index in [1.165, 1.54) is 4.88 Å². The maximum absolute atomic E-state index is 6.42. The molecule has 1 aromatic heterocycles. The van der Waals surface area contributed by atoms with Gasteiger partial charge in [0.25, 0.3) is 0 Å². The molecule has 0 fully saturated rings. The Morgan fingerprint density at radius 2 is 2.00 bits per heavy atom. The van der Waals surface area contributed by atoms with Crippen molar-refractivity contribution in [3.05, 3.63) is 55.1 Å². The lowest BCUT2D eigenvalue weighted by Gasteiger charge is -2.24. The number of nitrogens with two attached hydrogens (primary N) is 1. The maximum atomic E-state index is 6.42. The van der Waals surface area contributed by atoms with E-state index in [9.17, 15) is 0 Å². The van der Waals surface area contributed by atoms with Gasteiger partial charge in [0.05, 0.1) is 3.79 Å². The molecule has 2 N–H and O–H groups in total. The Hall–Kier alpha value is -0.160. The molecule has 0 radical (unpaired) electrons. The summed E-state index contributed by atoms with van der Waals surface area (Å²) in [5.41, 5.74) is 7.23. The molecule has 17 heavy (non-hydrogen) atoms. The highest BCUT2D eigenvalue weighted by atomic mass is 79.9. The van der Waals surface area contributed by atoms with E-state index in [-0.39, 0.29) is 5.54 Å². The van der Waals surface area contributed by atoms with E-state index in [1.54, 1.807) is 11.3 Å². The lowest BCUT2D eigenvalue weighted by molar-refractivity contribution is 0.495. The highest BCUT2D eigenvalue weighted by Gasteiger charge is 2.22. The zero-order chi connectivity index (χ0) is 12.5. The lowest BCUT2D eigenvalue weighted by Crippen LogP contribution is -2.35. The van der Waals surface area contributed by atoms with Crippen molar-refractivity contribution in [2.75, 3.05) is 0 Å². The van der Waals surface area contributed by atoms with Crippen molar-refractivity contribution in [1.82, 2.24) is 0 Å². The third kappa shape index (κ3) is 3.41. The smallest absolute Gasteiger partial charge is 0.0701 e. The van der Waals surface area contributed by atoms with Gasteiger partial charge in [-0.2, -0.15) is 0 Å². The molecule has 0 amide bonds. The lowest BCUT2D eigenvalue weighted by atomic mass is 9.89. The standard InChI is InChI=1S/C13H13Br2NS/c1-13(16,8-11-5-6-12(15)17-11)9-3-2-4-10(14)7-9/h2-7H,8,16H2,1H3. The highest BCUT2D eigenvalue weighted by Crippen LogP contribution is 2.30. The fourth-order valence-electron chi connectivity index (χ4n) is 1.75. The van der Waals surface area contributed by atoms with Crippen LogP contribution in [0, 0.1) is 0 Å². The first-order valence-electron chi connectivity index (χ1n) is 5.26. The van der Waals surface area contributed by atoms with Crippen LogP contribution in [0.3, 0.4) is 0 Å². The number of hydrogen-bond donors (Lipinski definition) is 1. The number of thiophene rings is 1. The Bertz CT molecular complexity index is 520. The molecule has 2 aromatic rings. The average molecular weight is 375 g/mol. The molecule has 0 aliphatic rings. The van der Waals surface area contributed by atoms with Gasteiger partial charge in [-0.3, -0.25) is 0 Å². The number of hydrogen-bond acceptors (Lipinski definition) is 2. The minimum Gasteiger partial charge on any atom is -0.321 e. The van der Waals surface area contributed by atoms with Crippen LogP contribution in [0.15, 0.2) is 44.7 Å². The molecular formula is C13H13Br2NS. The van der Waals surface area contributed by atoms with E-state index < -0.39 is 0 Å². The SMILES string of the molecule is CC(N)(Cc1ccc(Br)s1)c1cccc(Br)c1. The van der Waals surface area contributed by atoms with Crippen LogP contribution in [0.5, 0.6) is 0 Å². The fraction of sp³-hybridized carbons (Fsp3) is 0.231. The summed E-state index contributed by atoms with van der Waals surface area (Å²) in [5.74, 6) is 0. The van der Waals surface area contributed by atoms with Crippen molar-refractivity contribution >= 4 is 43.2 Å². The van der Waals surface area contributed by atoms with Gasteiger partial charge >= 0.3 is 0 Å². The summed E-state index contributed by atoms with van der Waals surface area (Å²) in [6.45, 7) is 2.07. The molecule has 90 valence electrons. The fourth-order valence-corrected chi connectivity index (χ4v) is 3.80. The van der Waals surface area contributed by atoms with Crippen LogP contribution in [0.4, 0.5) is 0 Å². The predicted molar refractivity (Wildman–Crippen MR) is 81.4 cm³/mol. The van der Waals surface area contributed by atoms with Gasteiger partial charge in [0.1, 0.15) is 0 Å². The zero-order valence-electron chi connectivity index (χ0n) is 9.41. The quantitative estimate of drug-likeness (QED) is 0.828. The molecule has 2 rings (SSSR count). The van der Waals surface area contributed by atoms with Crippen molar-refractivity contribution < 1.29 is 0 Å². The van der Waals surface area contributed by atoms with Gasteiger partial charge in [0, 0.05) is 21.3 Å². The summed E-state index contributed by atoms with van der Waals surface area (Å²) in [6.07, 6.45) is 0.847. The molecule has 1 nitrogen and oxygen atoms in total. The van der Waals surface area contributed by atoms with E-state index in [0.717, 1.165) is 20.2 Å². The molecule has 0 saturated heterocycles. The van der Waals surface area contributed by atoms with Gasteiger partial charge in [-0.15, -0.1) is 11.3 Å². The van der Waals surface area contributed by atoms with Gasteiger partial charge in [0.2, 0.25) is 0 Å². The van der Waals surface area contributed by atoms with Crippen LogP contribution in [0.1, 0.15) is 17.4 Å². The highest BCUT2D eigenvalue weighted by molar-refractivity contribution is 9.11. The van der Waals surface area contributed by atoms with Crippen molar-refractivity contribution in [3.63, 3.8) is 0 Å². The molecule has 0 aliphatic carbocycles. The molecule has 0 aliphatic heterocycles. The summed E-state index contributed by atoms with van der Waals surface area (Å²) in [6, 6.07) is 12.4. The van der Waals surface area contributed by atoms with E-state index in [2.05, 4.69) is 63.0 Å². The van der Waals surface area contributed by atoms with Gasteiger partial charge in [-0.05, 0) is 52.7 Å². The molecule has 1 aromatic carbocycles. The van der Waals surface area contributed by atoms with Crippen molar-refractivity contribution in [2.45, 2.75) is 18.9 Å². The summed E-state index contributed by atoms with van der Waals surface area (Å²) in [7, 11) is 0. The van der Waals surface area contributed by atoms with Gasteiger partial charge < -0.3 is 5.73 Å². The predicted octanol–water partition coefficient (Wildman–Crippen LogP) is 4.69. The molecule has 0 saturated carbocycles. The number of benzene rings is 1. The Balaban J connectivity index is 2.24. The van der Waals surface area contributed by atoms with Crippen molar-refractivity contribution in [3.8, 4) is 0 Å². The first-order chi connectivity index (χ1) is 7.97. The maximum Gasteiger partial charge on any atom is 0.0701 e. The Morgan fingerprint density at radius 1 is 1.24 bits per heavy atom. The normalized spacial score (nSPS) is 14.6. The monoisotopic (exact) mass is 373 g/mol. The summed E-state index contributed by atoms with van der Waals surface area (Å²) in [5, 5.41) is 0. The molecule has 0 spiro atoms. The van der Waals surface area contributed by atoms with Crippen molar-refractivity contribution in [2.24, 2.45) is 5.73 Å². The molecule has 0 bridgehead atoms. The van der Waals surface area contributed by atoms with Gasteiger partial charge in [-0.25, -0.2) is 0 Å². The van der Waals surface area contributed by atoms with Crippen LogP contribution >= 0.6 is 43.2 Å². The second kappa shape index (κ2) is 5.22. The number of rotatable bonds is 3. The zero-order valence-corrected chi connectivity index (χ0v) is 13.4. The molecule has 1 atom stereocenters. The first kappa shape index (κ1) is 13.3. The summed E-state index contributed by atoms with van der Waals surface area (Å²) in [4.78, 5) is 1.29. The second-order valence-corrected chi connectivity index (χ2v) is 7.77. The molecular weight excluding hydrogens is 362 g/mol. The minimum atomic E-state index is -0.339. The van der Waals surface area contributed by atoms with Crippen LogP contribution in [-0.2, 0) is 12.0 Å². The molecule has 4 heteroatoms. The Morgan fingerprint density at radius 3 is 2.59 bits per heavy atom. The molecule has 1 heterocycles. The Kier molecular flexibility index (Phi) is 4.08. The number of halogens is 2. The van der Waals surface area contributed by atoms with E-state index >= 15 is 0 Å². The third-order valence-corrected chi connectivity index (χ3v) is 4.77. The van der Waals surface area contributed by atoms with Crippen LogP contribution < -0.4 is 5.73 Å². The average Bonchev–Trinajstić information content (AvgIpc) is 2.63. The van der Waals surface area contributed by atoms with Gasteiger partial charge in [0.15, 0.2) is 0 Å². The van der Waals surface area contributed by atoms with Crippen LogP contribution in [0.2, 0.25) is 0 Å². The van der Waals surface area contributed by atoms with E-state index in [4.69, 9.17) is 5.73 Å².